The minimum atomic E-state index is -1.20. The number of aliphatic carboxylic acids is 1. The summed E-state index contributed by atoms with van der Waals surface area (Å²) in [5, 5.41) is 18.7. The summed E-state index contributed by atoms with van der Waals surface area (Å²) in [6.07, 6.45) is 29.5. The number of carboxylic acid groups (broad SMARTS) is 1. The first kappa shape index (κ1) is 42.7. The third-order valence-corrected chi connectivity index (χ3v) is 18.3. The fourth-order valence-electron chi connectivity index (χ4n) is 11.4. The molecule has 0 aliphatic heterocycles. The Bertz CT molecular complexity index is 2960. The normalized spacial score (nSPS) is 21.3. The van der Waals surface area contributed by atoms with Gasteiger partial charge in [-0.1, -0.05) is 127 Å². The molecule has 0 radical (unpaired) electrons. The molecule has 0 saturated carbocycles. The van der Waals surface area contributed by atoms with Gasteiger partial charge in [-0.2, -0.15) is 5.26 Å². The Balaban J connectivity index is 1.01. The average molecular weight is 897 g/mol. The largest absolute Gasteiger partial charge is 0.477 e. The number of hydrogen-bond acceptors (Lipinski definition) is 6. The van der Waals surface area contributed by atoms with Crippen molar-refractivity contribution in [3.05, 3.63) is 157 Å². The van der Waals surface area contributed by atoms with Gasteiger partial charge in [0.1, 0.15) is 11.6 Å². The van der Waals surface area contributed by atoms with Crippen LogP contribution in [0.3, 0.4) is 0 Å². The Kier molecular flexibility index (Phi) is 11.1. The van der Waals surface area contributed by atoms with Crippen LogP contribution in [0.2, 0.25) is 0 Å². The van der Waals surface area contributed by atoms with Crippen molar-refractivity contribution in [3.8, 4) is 15.8 Å². The molecule has 0 bridgehead atoms. The number of nitriles is 1. The molecule has 3 aromatic heterocycles. The second-order valence-electron chi connectivity index (χ2n) is 19.4. The number of carbonyl (C=O) groups is 1. The Morgan fingerprint density at radius 3 is 2.41 bits per heavy atom. The van der Waals surface area contributed by atoms with Crippen LogP contribution < -0.4 is 4.90 Å². The molecule has 0 amide bonds. The van der Waals surface area contributed by atoms with E-state index in [4.69, 9.17) is 0 Å². The SMILES string of the molecule is CCCCCCc1cc(-c2cc3sc(/C=C(\C#N)C(=O)O)cc3s2)sc1C1=CCC(N(c2ccc3c(c2)C(C)(C)C2=C3C=CCC2C)c2ccc3c(c2)C(C)(C)C2=CC=CCC23)C=C1. The highest BCUT2D eigenvalue weighted by molar-refractivity contribution is 7.31. The number of unbranched alkanes of at least 4 members (excludes halogenated alkanes) is 3. The van der Waals surface area contributed by atoms with Gasteiger partial charge in [0.2, 0.25) is 0 Å². The molecular weight excluding hydrogens is 841 g/mol. The number of hydrogen-bond donors (Lipinski definition) is 1. The second kappa shape index (κ2) is 16.6. The molecule has 3 atom stereocenters. The van der Waals surface area contributed by atoms with Crippen LogP contribution in [0.15, 0.2) is 120 Å². The third-order valence-electron chi connectivity index (χ3n) is 14.6. The average Bonchev–Trinajstić information content (AvgIpc) is 4.08. The minimum Gasteiger partial charge on any atom is -0.477 e. The molecule has 5 aliphatic carbocycles. The van der Waals surface area contributed by atoms with Crippen molar-refractivity contribution in [1.82, 2.24) is 0 Å². The highest BCUT2D eigenvalue weighted by Gasteiger charge is 2.43. The molecular formula is C57H56N2O2S3. The highest BCUT2D eigenvalue weighted by Crippen LogP contribution is 2.56. The predicted molar refractivity (Wildman–Crippen MR) is 273 cm³/mol. The maximum absolute atomic E-state index is 11.5. The van der Waals surface area contributed by atoms with Crippen molar-refractivity contribution in [2.45, 2.75) is 116 Å². The molecule has 324 valence electrons. The number of rotatable bonds is 12. The fraction of sp³-hybridized carbons (Fsp3) is 0.333. The first-order chi connectivity index (χ1) is 30.9. The number of carboxylic acids is 1. The quantitative estimate of drug-likeness (QED) is 0.0770. The Labute approximate surface area is 390 Å². The van der Waals surface area contributed by atoms with E-state index in [0.29, 0.717) is 11.8 Å². The van der Waals surface area contributed by atoms with Crippen LogP contribution in [0.4, 0.5) is 11.4 Å². The molecule has 5 aromatic rings. The monoisotopic (exact) mass is 896 g/mol. The highest BCUT2D eigenvalue weighted by atomic mass is 32.1. The summed E-state index contributed by atoms with van der Waals surface area (Å²) >= 11 is 5.19. The zero-order valence-electron chi connectivity index (χ0n) is 37.8. The first-order valence-corrected chi connectivity index (χ1v) is 25.6. The Hall–Kier alpha value is -5.26. The zero-order chi connectivity index (χ0) is 44.5. The zero-order valence-corrected chi connectivity index (χ0v) is 40.2. The molecule has 5 aliphatic rings. The molecule has 4 nitrogen and oxygen atoms in total. The standard InChI is InChI=1S/C57H56N2O2S3/c1-7-8-9-10-15-36-28-49(52-32-51-50(63-52)31-41(62-51)27-37(33-58)55(60)61)64-54(36)35-19-21-38(22-20-35)59(39-23-25-43-42-16-11-12-18-46(42)56(3,4)47(43)29-39)40-24-26-44-45-17-13-14-34(2)53(45)57(5,6)48(44)30-40/h11-13,17-21,23-32,34,38,42H,7-10,14-16,22H2,1-6H3,(H,60,61)/b37-27+. The minimum absolute atomic E-state index is 0.0318. The van der Waals surface area contributed by atoms with Gasteiger partial charge in [0.15, 0.2) is 0 Å². The molecule has 0 saturated heterocycles. The summed E-state index contributed by atoms with van der Waals surface area (Å²) in [7, 11) is 0. The molecule has 0 spiro atoms. The van der Waals surface area contributed by atoms with Gasteiger partial charge in [-0.25, -0.2) is 4.79 Å². The lowest BCUT2D eigenvalue weighted by atomic mass is 9.74. The molecule has 3 heterocycles. The number of allylic oxidation sites excluding steroid dienone is 10. The number of nitrogens with zero attached hydrogens (tertiary/aromatic N) is 2. The van der Waals surface area contributed by atoms with Crippen LogP contribution >= 0.6 is 34.0 Å². The van der Waals surface area contributed by atoms with Gasteiger partial charge in [-0.15, -0.1) is 34.0 Å². The maximum atomic E-state index is 11.5. The lowest BCUT2D eigenvalue weighted by Crippen LogP contribution is -2.31. The van der Waals surface area contributed by atoms with Gasteiger partial charge < -0.3 is 10.0 Å². The summed E-state index contributed by atoms with van der Waals surface area (Å²) in [6.45, 7) is 14.4. The van der Waals surface area contributed by atoms with Crippen molar-refractivity contribution in [2.75, 3.05) is 4.90 Å². The van der Waals surface area contributed by atoms with Crippen molar-refractivity contribution in [1.29, 1.82) is 5.26 Å². The summed E-state index contributed by atoms with van der Waals surface area (Å²) in [4.78, 5) is 18.8. The van der Waals surface area contributed by atoms with Gasteiger partial charge >= 0.3 is 5.97 Å². The van der Waals surface area contributed by atoms with E-state index in [2.05, 4.69) is 144 Å². The molecule has 1 N–H and O–H groups in total. The van der Waals surface area contributed by atoms with Crippen LogP contribution in [0.5, 0.6) is 0 Å². The van der Waals surface area contributed by atoms with Crippen LogP contribution in [-0.4, -0.2) is 17.1 Å². The van der Waals surface area contributed by atoms with Crippen molar-refractivity contribution < 1.29 is 9.90 Å². The third kappa shape index (κ3) is 7.27. The summed E-state index contributed by atoms with van der Waals surface area (Å²) in [6, 6.07) is 23.3. The summed E-state index contributed by atoms with van der Waals surface area (Å²) in [5.41, 5.74) is 15.2. The van der Waals surface area contributed by atoms with E-state index < -0.39 is 5.97 Å². The molecule has 64 heavy (non-hydrogen) atoms. The lowest BCUT2D eigenvalue weighted by molar-refractivity contribution is -0.132. The molecule has 2 aromatic carbocycles. The maximum Gasteiger partial charge on any atom is 0.346 e. The number of fused-ring (bicyclic) bond motifs is 6. The van der Waals surface area contributed by atoms with E-state index in [1.165, 1.54) is 102 Å². The lowest BCUT2D eigenvalue weighted by Gasteiger charge is -2.35. The van der Waals surface area contributed by atoms with Gasteiger partial charge in [0.05, 0.1) is 6.04 Å². The molecule has 7 heteroatoms. The molecule has 3 unspecified atom stereocenters. The van der Waals surface area contributed by atoms with Crippen molar-refractivity contribution >= 4 is 78.0 Å². The van der Waals surface area contributed by atoms with E-state index in [-0.39, 0.29) is 22.4 Å². The predicted octanol–water partition coefficient (Wildman–Crippen LogP) is 16.3. The second-order valence-corrected chi connectivity index (χ2v) is 22.6. The Morgan fingerprint density at radius 1 is 0.875 bits per heavy atom. The van der Waals surface area contributed by atoms with Crippen LogP contribution in [0, 0.1) is 17.2 Å². The number of benzene rings is 2. The van der Waals surface area contributed by atoms with E-state index in [9.17, 15) is 15.2 Å². The van der Waals surface area contributed by atoms with E-state index in [0.717, 1.165) is 40.0 Å². The van der Waals surface area contributed by atoms with E-state index in [1.807, 2.05) is 23.5 Å². The number of anilines is 2. The van der Waals surface area contributed by atoms with Gasteiger partial charge in [0.25, 0.3) is 0 Å². The summed E-state index contributed by atoms with van der Waals surface area (Å²) in [5.74, 6) is -0.207. The fourth-order valence-corrected chi connectivity index (χ4v) is 15.1. The van der Waals surface area contributed by atoms with Crippen molar-refractivity contribution in [3.63, 3.8) is 0 Å². The van der Waals surface area contributed by atoms with E-state index >= 15 is 0 Å². The van der Waals surface area contributed by atoms with Gasteiger partial charge in [-0.05, 0) is 131 Å². The first-order valence-electron chi connectivity index (χ1n) is 23.1. The van der Waals surface area contributed by atoms with Gasteiger partial charge in [-0.3, -0.25) is 0 Å². The van der Waals surface area contributed by atoms with Crippen LogP contribution in [-0.2, 0) is 22.0 Å². The Morgan fingerprint density at radius 2 is 1.66 bits per heavy atom. The van der Waals surface area contributed by atoms with Crippen LogP contribution in [0.25, 0.3) is 36.4 Å². The van der Waals surface area contributed by atoms with E-state index in [1.54, 1.807) is 28.2 Å². The smallest absolute Gasteiger partial charge is 0.346 e. The summed E-state index contributed by atoms with van der Waals surface area (Å²) < 4.78 is 2.24. The van der Waals surface area contributed by atoms with Crippen molar-refractivity contribution in [2.24, 2.45) is 5.92 Å². The van der Waals surface area contributed by atoms with Crippen LogP contribution in [0.1, 0.15) is 130 Å². The topological polar surface area (TPSA) is 64.3 Å². The number of thiophene rings is 3. The molecule has 0 fully saturated rings. The molecule has 10 rings (SSSR count). The number of aryl methyl sites for hydroxylation is 1. The van der Waals surface area contributed by atoms with Gasteiger partial charge in [0, 0.05) is 57.0 Å².